The molecule has 0 aliphatic rings. The number of thioether (sulfide) groups is 1. The van der Waals surface area contributed by atoms with E-state index in [1.165, 1.54) is 11.8 Å². The second kappa shape index (κ2) is 7.63. The quantitative estimate of drug-likeness (QED) is 0.672. The lowest BCUT2D eigenvalue weighted by Crippen LogP contribution is -2.27. The smallest absolute Gasteiger partial charge is 0.277 e. The Labute approximate surface area is 148 Å². The van der Waals surface area contributed by atoms with Crippen molar-refractivity contribution < 1.29 is 9.21 Å². The van der Waals surface area contributed by atoms with Gasteiger partial charge in [-0.15, -0.1) is 21.5 Å². The Morgan fingerprint density at radius 1 is 1.29 bits per heavy atom. The first-order valence-electron chi connectivity index (χ1n) is 7.48. The molecule has 0 spiro atoms. The summed E-state index contributed by atoms with van der Waals surface area (Å²) in [7, 11) is 0. The molecule has 1 amide bonds. The summed E-state index contributed by atoms with van der Waals surface area (Å²) in [5.74, 6) is 0.657. The van der Waals surface area contributed by atoms with Crippen LogP contribution in [0.25, 0.3) is 11.5 Å². The average Bonchev–Trinajstić information content (AvgIpc) is 3.25. The number of benzene rings is 1. The summed E-state index contributed by atoms with van der Waals surface area (Å²) in [6, 6.07) is 11.8. The molecule has 3 rings (SSSR count). The van der Waals surface area contributed by atoms with E-state index in [1.807, 2.05) is 55.6 Å². The van der Waals surface area contributed by atoms with E-state index in [-0.39, 0.29) is 17.7 Å². The van der Waals surface area contributed by atoms with Gasteiger partial charge < -0.3 is 9.73 Å². The van der Waals surface area contributed by atoms with Gasteiger partial charge in [0.05, 0.1) is 11.8 Å². The van der Waals surface area contributed by atoms with Crippen LogP contribution in [0.1, 0.15) is 23.4 Å². The number of amides is 1. The van der Waals surface area contributed by atoms with Gasteiger partial charge in [-0.3, -0.25) is 4.79 Å². The fourth-order valence-corrected chi connectivity index (χ4v) is 3.52. The summed E-state index contributed by atoms with van der Waals surface area (Å²) in [4.78, 5) is 13.2. The second-order valence-corrected chi connectivity index (χ2v) is 7.19. The fourth-order valence-electron chi connectivity index (χ4n) is 2.21. The van der Waals surface area contributed by atoms with Gasteiger partial charge in [0, 0.05) is 10.4 Å². The van der Waals surface area contributed by atoms with Gasteiger partial charge in [0.25, 0.3) is 5.22 Å². The molecule has 1 N–H and O–H groups in total. The van der Waals surface area contributed by atoms with Crippen molar-refractivity contribution >= 4 is 29.0 Å². The molecule has 24 heavy (non-hydrogen) atoms. The maximum absolute atomic E-state index is 12.0. The van der Waals surface area contributed by atoms with Crippen LogP contribution in [0.5, 0.6) is 0 Å². The SMILES string of the molecule is Cc1ccccc1-c1nnc(SCC(=O)N[C@@H](C)c2cccs2)o1. The van der Waals surface area contributed by atoms with Crippen LogP contribution in [-0.2, 0) is 4.79 Å². The van der Waals surface area contributed by atoms with Crippen molar-refractivity contribution in [1.29, 1.82) is 0 Å². The molecule has 3 aromatic rings. The molecule has 2 heterocycles. The first-order valence-corrected chi connectivity index (χ1v) is 9.35. The molecular weight excluding hydrogens is 342 g/mol. The molecule has 124 valence electrons. The lowest BCUT2D eigenvalue weighted by Gasteiger charge is -2.11. The van der Waals surface area contributed by atoms with Crippen molar-refractivity contribution in [1.82, 2.24) is 15.5 Å². The molecule has 5 nitrogen and oxygen atoms in total. The summed E-state index contributed by atoms with van der Waals surface area (Å²) in [5.41, 5.74) is 1.98. The number of nitrogens with one attached hydrogen (secondary N) is 1. The van der Waals surface area contributed by atoms with Gasteiger partial charge in [-0.05, 0) is 36.9 Å². The number of carbonyl (C=O) groups excluding carboxylic acids is 1. The van der Waals surface area contributed by atoms with Crippen molar-refractivity contribution in [2.75, 3.05) is 5.75 Å². The van der Waals surface area contributed by atoms with E-state index in [1.54, 1.807) is 11.3 Å². The summed E-state index contributed by atoms with van der Waals surface area (Å²) < 4.78 is 5.64. The van der Waals surface area contributed by atoms with Gasteiger partial charge in [0.15, 0.2) is 0 Å². The Morgan fingerprint density at radius 2 is 2.12 bits per heavy atom. The maximum atomic E-state index is 12.0. The predicted octanol–water partition coefficient (Wildman–Crippen LogP) is 4.08. The van der Waals surface area contributed by atoms with Crippen molar-refractivity contribution in [2.45, 2.75) is 25.1 Å². The first-order chi connectivity index (χ1) is 11.6. The second-order valence-electron chi connectivity index (χ2n) is 5.28. The standard InChI is InChI=1S/C17H17N3O2S2/c1-11-6-3-4-7-13(11)16-19-20-17(22-16)24-10-15(21)18-12(2)14-8-5-9-23-14/h3-9,12H,10H2,1-2H3,(H,18,21)/t12-/m0/s1. The highest BCUT2D eigenvalue weighted by molar-refractivity contribution is 7.99. The number of rotatable bonds is 6. The van der Waals surface area contributed by atoms with Gasteiger partial charge >= 0.3 is 0 Å². The Kier molecular flexibility index (Phi) is 5.32. The summed E-state index contributed by atoms with van der Waals surface area (Å²) >= 11 is 2.87. The third-order valence-electron chi connectivity index (χ3n) is 3.46. The maximum Gasteiger partial charge on any atom is 0.277 e. The molecule has 0 saturated carbocycles. The summed E-state index contributed by atoms with van der Waals surface area (Å²) in [6.45, 7) is 3.96. The van der Waals surface area contributed by atoms with Gasteiger partial charge in [-0.25, -0.2) is 0 Å². The van der Waals surface area contributed by atoms with E-state index in [4.69, 9.17) is 4.42 Å². The molecule has 7 heteroatoms. The highest BCUT2D eigenvalue weighted by Crippen LogP contribution is 2.25. The normalized spacial score (nSPS) is 12.1. The van der Waals surface area contributed by atoms with Gasteiger partial charge in [0.2, 0.25) is 11.8 Å². The van der Waals surface area contributed by atoms with E-state index in [0.29, 0.717) is 11.1 Å². The molecule has 0 radical (unpaired) electrons. The molecular formula is C17H17N3O2S2. The van der Waals surface area contributed by atoms with Crippen molar-refractivity contribution in [3.63, 3.8) is 0 Å². The number of nitrogens with zero attached hydrogens (tertiary/aromatic N) is 2. The third kappa shape index (κ3) is 4.04. The number of thiophene rings is 1. The number of hydrogen-bond acceptors (Lipinski definition) is 6. The average molecular weight is 359 g/mol. The molecule has 0 aliphatic carbocycles. The number of aromatic nitrogens is 2. The van der Waals surface area contributed by atoms with Gasteiger partial charge in [-0.1, -0.05) is 36.0 Å². The molecule has 0 bridgehead atoms. The fraction of sp³-hybridized carbons (Fsp3) is 0.235. The number of hydrogen-bond donors (Lipinski definition) is 1. The minimum absolute atomic E-state index is 0.00307. The van der Waals surface area contributed by atoms with Crippen LogP contribution < -0.4 is 5.32 Å². The molecule has 0 unspecified atom stereocenters. The summed E-state index contributed by atoms with van der Waals surface area (Å²) in [5, 5.41) is 13.4. The van der Waals surface area contributed by atoms with Crippen molar-refractivity contribution in [3.05, 3.63) is 52.2 Å². The minimum atomic E-state index is -0.0588. The lowest BCUT2D eigenvalue weighted by atomic mass is 10.1. The highest BCUT2D eigenvalue weighted by Gasteiger charge is 2.14. The van der Waals surface area contributed by atoms with Crippen LogP contribution in [-0.4, -0.2) is 21.9 Å². The molecule has 2 aromatic heterocycles. The Morgan fingerprint density at radius 3 is 2.88 bits per heavy atom. The van der Waals surface area contributed by atoms with Crippen LogP contribution in [0.2, 0.25) is 0 Å². The topological polar surface area (TPSA) is 68.0 Å². The van der Waals surface area contributed by atoms with Crippen LogP contribution in [0.4, 0.5) is 0 Å². The highest BCUT2D eigenvalue weighted by atomic mass is 32.2. The molecule has 0 aliphatic heterocycles. The van der Waals surface area contributed by atoms with E-state index < -0.39 is 0 Å². The van der Waals surface area contributed by atoms with Gasteiger partial charge in [-0.2, -0.15) is 0 Å². The zero-order valence-electron chi connectivity index (χ0n) is 13.4. The monoisotopic (exact) mass is 359 g/mol. The third-order valence-corrected chi connectivity index (χ3v) is 5.33. The summed E-state index contributed by atoms with van der Waals surface area (Å²) in [6.07, 6.45) is 0. The van der Waals surface area contributed by atoms with E-state index in [2.05, 4.69) is 15.5 Å². The Balaban J connectivity index is 1.56. The van der Waals surface area contributed by atoms with Crippen LogP contribution in [0.15, 0.2) is 51.4 Å². The van der Waals surface area contributed by atoms with Crippen LogP contribution in [0, 0.1) is 6.92 Å². The molecule has 0 fully saturated rings. The predicted molar refractivity (Wildman–Crippen MR) is 96.1 cm³/mol. The van der Waals surface area contributed by atoms with E-state index in [0.717, 1.165) is 16.0 Å². The largest absolute Gasteiger partial charge is 0.411 e. The molecule has 1 aromatic carbocycles. The van der Waals surface area contributed by atoms with E-state index in [9.17, 15) is 4.79 Å². The number of aryl methyl sites for hydroxylation is 1. The minimum Gasteiger partial charge on any atom is -0.411 e. The lowest BCUT2D eigenvalue weighted by molar-refractivity contribution is -0.119. The van der Waals surface area contributed by atoms with Crippen molar-refractivity contribution in [3.8, 4) is 11.5 Å². The molecule has 0 saturated heterocycles. The first kappa shape index (κ1) is 16.7. The zero-order valence-corrected chi connectivity index (χ0v) is 15.0. The van der Waals surface area contributed by atoms with Crippen LogP contribution in [0.3, 0.4) is 0 Å². The van der Waals surface area contributed by atoms with Gasteiger partial charge in [0.1, 0.15) is 0 Å². The number of carbonyl (C=O) groups is 1. The zero-order chi connectivity index (χ0) is 16.9. The molecule has 1 atom stereocenters. The Bertz CT molecular complexity index is 815. The van der Waals surface area contributed by atoms with E-state index >= 15 is 0 Å². The Hall–Kier alpha value is -2.12. The van der Waals surface area contributed by atoms with Crippen LogP contribution >= 0.6 is 23.1 Å². The van der Waals surface area contributed by atoms with Crippen molar-refractivity contribution in [2.24, 2.45) is 0 Å².